The van der Waals surface area contributed by atoms with Crippen molar-refractivity contribution in [1.82, 2.24) is 0 Å². The Morgan fingerprint density at radius 1 is 1.00 bits per heavy atom. The Labute approximate surface area is 130 Å². The van der Waals surface area contributed by atoms with E-state index in [1.165, 1.54) is 0 Å². The molecule has 0 aliphatic heterocycles. The van der Waals surface area contributed by atoms with E-state index in [9.17, 15) is 9.59 Å². The van der Waals surface area contributed by atoms with Crippen molar-refractivity contribution in [3.63, 3.8) is 0 Å². The Morgan fingerprint density at radius 3 is 2.32 bits per heavy atom. The summed E-state index contributed by atoms with van der Waals surface area (Å²) in [6, 6.07) is 16.4. The molecule has 2 aromatic rings. The van der Waals surface area contributed by atoms with Crippen molar-refractivity contribution >= 4 is 23.2 Å². The lowest BCUT2D eigenvalue weighted by atomic mass is 10.1. The summed E-state index contributed by atoms with van der Waals surface area (Å²) in [7, 11) is 1.73. The molecule has 2 rings (SSSR count). The molecule has 0 aliphatic carbocycles. The van der Waals surface area contributed by atoms with Gasteiger partial charge < -0.3 is 10.2 Å². The summed E-state index contributed by atoms with van der Waals surface area (Å²) in [5.74, 6) is -0.292. The molecule has 0 spiro atoms. The number of carbonyl (C=O) groups is 2. The lowest BCUT2D eigenvalue weighted by molar-refractivity contribution is -0.118. The van der Waals surface area contributed by atoms with E-state index in [4.69, 9.17) is 0 Å². The first kappa shape index (κ1) is 15.8. The fourth-order valence-corrected chi connectivity index (χ4v) is 1.98. The molecule has 114 valence electrons. The van der Waals surface area contributed by atoms with E-state index in [0.29, 0.717) is 11.3 Å². The van der Waals surface area contributed by atoms with Crippen molar-refractivity contribution < 1.29 is 9.59 Å². The van der Waals surface area contributed by atoms with Crippen molar-refractivity contribution in [2.45, 2.75) is 13.8 Å². The maximum Gasteiger partial charge on any atom is 0.258 e. The third-order valence-corrected chi connectivity index (χ3v) is 3.35. The Balaban J connectivity index is 2.18. The van der Waals surface area contributed by atoms with E-state index in [2.05, 4.69) is 5.32 Å². The van der Waals surface area contributed by atoms with E-state index in [0.717, 1.165) is 5.69 Å². The highest BCUT2D eigenvalue weighted by atomic mass is 16.2. The number of nitrogens with one attached hydrogen (secondary N) is 1. The van der Waals surface area contributed by atoms with Crippen LogP contribution in [-0.4, -0.2) is 18.9 Å². The maximum absolute atomic E-state index is 12.5. The topological polar surface area (TPSA) is 49.4 Å². The summed E-state index contributed by atoms with van der Waals surface area (Å²) < 4.78 is 0. The first-order valence-corrected chi connectivity index (χ1v) is 7.23. The molecule has 0 bridgehead atoms. The van der Waals surface area contributed by atoms with Gasteiger partial charge in [0.1, 0.15) is 0 Å². The van der Waals surface area contributed by atoms with Crippen LogP contribution in [0.2, 0.25) is 0 Å². The minimum Gasteiger partial charge on any atom is -0.326 e. The Bertz CT molecular complexity index is 666. The van der Waals surface area contributed by atoms with Crippen LogP contribution in [0, 0.1) is 5.92 Å². The SMILES string of the molecule is CC(C)C(=O)Nc1cccc(C(=O)N(C)c2ccccc2)c1. The van der Waals surface area contributed by atoms with Crippen LogP contribution in [0.25, 0.3) is 0 Å². The van der Waals surface area contributed by atoms with Gasteiger partial charge in [-0.3, -0.25) is 9.59 Å². The number of hydrogen-bond donors (Lipinski definition) is 1. The standard InChI is InChI=1S/C18H20N2O2/c1-13(2)17(21)19-15-9-7-8-14(12-15)18(22)20(3)16-10-5-4-6-11-16/h4-13H,1-3H3,(H,19,21). The molecule has 22 heavy (non-hydrogen) atoms. The Kier molecular flexibility index (Phi) is 4.94. The van der Waals surface area contributed by atoms with Crippen LogP contribution >= 0.6 is 0 Å². The predicted octanol–water partition coefficient (Wildman–Crippen LogP) is 3.56. The Hall–Kier alpha value is -2.62. The second kappa shape index (κ2) is 6.89. The van der Waals surface area contributed by atoms with E-state index in [1.54, 1.807) is 36.2 Å². The quantitative estimate of drug-likeness (QED) is 0.938. The van der Waals surface area contributed by atoms with Gasteiger partial charge >= 0.3 is 0 Å². The molecule has 0 aliphatic rings. The van der Waals surface area contributed by atoms with Crippen LogP contribution < -0.4 is 10.2 Å². The van der Waals surface area contributed by atoms with E-state index in [-0.39, 0.29) is 17.7 Å². The molecule has 1 N–H and O–H groups in total. The Morgan fingerprint density at radius 2 is 1.68 bits per heavy atom. The monoisotopic (exact) mass is 296 g/mol. The molecule has 4 nitrogen and oxygen atoms in total. The summed E-state index contributed by atoms with van der Waals surface area (Å²) in [6.45, 7) is 3.65. The van der Waals surface area contributed by atoms with Crippen molar-refractivity contribution in [3.05, 3.63) is 60.2 Å². The zero-order valence-corrected chi connectivity index (χ0v) is 13.0. The van der Waals surface area contributed by atoms with E-state index >= 15 is 0 Å². The van der Waals surface area contributed by atoms with Gasteiger partial charge in [0.05, 0.1) is 0 Å². The normalized spacial score (nSPS) is 10.4. The molecule has 4 heteroatoms. The number of benzene rings is 2. The lowest BCUT2D eigenvalue weighted by Crippen LogP contribution is -2.26. The van der Waals surface area contributed by atoms with E-state index < -0.39 is 0 Å². The van der Waals surface area contributed by atoms with Gasteiger partial charge in [-0.1, -0.05) is 38.1 Å². The predicted molar refractivity (Wildman–Crippen MR) is 89.1 cm³/mol. The zero-order chi connectivity index (χ0) is 16.1. The van der Waals surface area contributed by atoms with Gasteiger partial charge in [-0.25, -0.2) is 0 Å². The van der Waals surface area contributed by atoms with Crippen molar-refractivity contribution in [2.75, 3.05) is 17.3 Å². The molecule has 0 unspecified atom stereocenters. The molecule has 0 saturated carbocycles. The first-order valence-electron chi connectivity index (χ1n) is 7.23. The molecule has 0 saturated heterocycles. The van der Waals surface area contributed by atoms with E-state index in [1.807, 2.05) is 44.2 Å². The third-order valence-electron chi connectivity index (χ3n) is 3.35. The molecule has 2 aromatic carbocycles. The minimum absolute atomic E-state index is 0.0685. The van der Waals surface area contributed by atoms with Gasteiger partial charge in [-0.05, 0) is 30.3 Å². The summed E-state index contributed by atoms with van der Waals surface area (Å²) >= 11 is 0. The zero-order valence-electron chi connectivity index (χ0n) is 13.0. The minimum atomic E-state index is -0.119. The van der Waals surface area contributed by atoms with Crippen molar-refractivity contribution in [1.29, 1.82) is 0 Å². The van der Waals surface area contributed by atoms with Gasteiger partial charge in [0, 0.05) is 29.9 Å². The number of nitrogens with zero attached hydrogens (tertiary/aromatic N) is 1. The molecule has 0 fully saturated rings. The van der Waals surface area contributed by atoms with Crippen LogP contribution in [0.3, 0.4) is 0 Å². The van der Waals surface area contributed by atoms with Crippen LogP contribution in [0.15, 0.2) is 54.6 Å². The number of carbonyl (C=O) groups excluding carboxylic acids is 2. The maximum atomic E-state index is 12.5. The highest BCUT2D eigenvalue weighted by Gasteiger charge is 2.14. The highest BCUT2D eigenvalue weighted by Crippen LogP contribution is 2.17. The second-order valence-corrected chi connectivity index (χ2v) is 5.42. The number of anilines is 2. The molecule has 2 amide bonds. The van der Waals surface area contributed by atoms with Gasteiger partial charge in [-0.2, -0.15) is 0 Å². The fourth-order valence-electron chi connectivity index (χ4n) is 1.98. The van der Waals surface area contributed by atoms with Crippen LogP contribution in [0.4, 0.5) is 11.4 Å². The largest absolute Gasteiger partial charge is 0.326 e. The summed E-state index contributed by atoms with van der Waals surface area (Å²) in [5, 5.41) is 2.81. The fraction of sp³-hybridized carbons (Fsp3) is 0.222. The van der Waals surface area contributed by atoms with Crippen LogP contribution in [0.5, 0.6) is 0 Å². The van der Waals surface area contributed by atoms with Gasteiger partial charge in [0.25, 0.3) is 5.91 Å². The number of rotatable bonds is 4. The average molecular weight is 296 g/mol. The third kappa shape index (κ3) is 3.73. The summed E-state index contributed by atoms with van der Waals surface area (Å²) in [4.78, 5) is 25.9. The molecule has 0 radical (unpaired) electrons. The molecular formula is C18H20N2O2. The highest BCUT2D eigenvalue weighted by molar-refractivity contribution is 6.06. The molecule has 0 atom stereocenters. The molecule has 0 heterocycles. The summed E-state index contributed by atoms with van der Waals surface area (Å²) in [5.41, 5.74) is 1.99. The first-order chi connectivity index (χ1) is 10.5. The van der Waals surface area contributed by atoms with Gasteiger partial charge in [-0.15, -0.1) is 0 Å². The summed E-state index contributed by atoms with van der Waals surface area (Å²) in [6.07, 6.45) is 0. The molecular weight excluding hydrogens is 276 g/mol. The number of para-hydroxylation sites is 1. The molecule has 0 aromatic heterocycles. The van der Waals surface area contributed by atoms with Gasteiger partial charge in [0.2, 0.25) is 5.91 Å². The lowest BCUT2D eigenvalue weighted by Gasteiger charge is -2.18. The average Bonchev–Trinajstić information content (AvgIpc) is 2.54. The smallest absolute Gasteiger partial charge is 0.258 e. The second-order valence-electron chi connectivity index (χ2n) is 5.42. The number of amides is 2. The van der Waals surface area contributed by atoms with Gasteiger partial charge in [0.15, 0.2) is 0 Å². The van der Waals surface area contributed by atoms with Crippen LogP contribution in [0.1, 0.15) is 24.2 Å². The van der Waals surface area contributed by atoms with Crippen molar-refractivity contribution in [3.8, 4) is 0 Å². The van der Waals surface area contributed by atoms with Crippen molar-refractivity contribution in [2.24, 2.45) is 5.92 Å². The van der Waals surface area contributed by atoms with Crippen LogP contribution in [-0.2, 0) is 4.79 Å². The number of hydrogen-bond acceptors (Lipinski definition) is 2.